The third-order valence-electron chi connectivity index (χ3n) is 3.79. The highest BCUT2D eigenvalue weighted by Gasteiger charge is 2.32. The first kappa shape index (κ1) is 18.2. The molecule has 1 aliphatic heterocycles. The molecule has 0 atom stereocenters. The molecule has 1 saturated heterocycles. The van der Waals surface area contributed by atoms with Crippen LogP contribution in [0.25, 0.3) is 5.70 Å². The lowest BCUT2D eigenvalue weighted by atomic mass is 9.84. The standard InChI is InChI=1S/C20H29N3O/c1-15(2)24-19-11-16(8-9-17(19)18(21)12-22-5)7-6-10-23-13-20(3,4)14-23/h8-9,11-12,15,22H,10,13-14,21H2,1-5H3/b18-12-. The highest BCUT2D eigenvalue weighted by molar-refractivity contribution is 5.69. The van der Waals surface area contributed by atoms with Crippen molar-refractivity contribution in [2.75, 3.05) is 26.7 Å². The van der Waals surface area contributed by atoms with Crippen molar-refractivity contribution in [1.29, 1.82) is 0 Å². The first-order valence-electron chi connectivity index (χ1n) is 8.46. The predicted molar refractivity (Wildman–Crippen MR) is 101 cm³/mol. The summed E-state index contributed by atoms with van der Waals surface area (Å²) in [5.41, 5.74) is 9.02. The summed E-state index contributed by atoms with van der Waals surface area (Å²) >= 11 is 0. The van der Waals surface area contributed by atoms with E-state index in [-0.39, 0.29) is 6.10 Å². The third kappa shape index (κ3) is 4.94. The van der Waals surface area contributed by atoms with Crippen LogP contribution in [0, 0.1) is 17.3 Å². The van der Waals surface area contributed by atoms with Crippen LogP contribution in [0.5, 0.6) is 5.75 Å². The van der Waals surface area contributed by atoms with Gasteiger partial charge in [0.15, 0.2) is 0 Å². The summed E-state index contributed by atoms with van der Waals surface area (Å²) in [7, 11) is 1.83. The maximum atomic E-state index is 6.10. The van der Waals surface area contributed by atoms with Crippen molar-refractivity contribution in [3.8, 4) is 17.6 Å². The van der Waals surface area contributed by atoms with E-state index in [4.69, 9.17) is 10.5 Å². The largest absolute Gasteiger partial charge is 0.490 e. The monoisotopic (exact) mass is 327 g/mol. The molecule has 0 aromatic heterocycles. The van der Waals surface area contributed by atoms with Gasteiger partial charge in [0.1, 0.15) is 5.75 Å². The second kappa shape index (κ2) is 7.63. The van der Waals surface area contributed by atoms with Gasteiger partial charge in [0.25, 0.3) is 0 Å². The zero-order chi connectivity index (χ0) is 17.7. The zero-order valence-electron chi connectivity index (χ0n) is 15.4. The van der Waals surface area contributed by atoms with Crippen LogP contribution in [0.3, 0.4) is 0 Å². The molecule has 0 aliphatic carbocycles. The van der Waals surface area contributed by atoms with Crippen molar-refractivity contribution in [3.63, 3.8) is 0 Å². The molecule has 24 heavy (non-hydrogen) atoms. The minimum absolute atomic E-state index is 0.0812. The van der Waals surface area contributed by atoms with Gasteiger partial charge < -0.3 is 15.8 Å². The summed E-state index contributed by atoms with van der Waals surface area (Å²) in [6.45, 7) is 11.6. The number of hydrogen-bond acceptors (Lipinski definition) is 4. The summed E-state index contributed by atoms with van der Waals surface area (Å²) in [4.78, 5) is 2.36. The molecule has 3 N–H and O–H groups in total. The lowest BCUT2D eigenvalue weighted by Gasteiger charge is -2.44. The fourth-order valence-corrected chi connectivity index (χ4v) is 2.95. The Hall–Kier alpha value is -2.12. The van der Waals surface area contributed by atoms with E-state index >= 15 is 0 Å². The van der Waals surface area contributed by atoms with Crippen LogP contribution in [-0.2, 0) is 0 Å². The Balaban J connectivity index is 2.13. The Bertz CT molecular complexity index is 657. The highest BCUT2D eigenvalue weighted by atomic mass is 16.5. The van der Waals surface area contributed by atoms with E-state index in [0.717, 1.165) is 36.5 Å². The van der Waals surface area contributed by atoms with Crippen LogP contribution in [-0.4, -0.2) is 37.7 Å². The van der Waals surface area contributed by atoms with Crippen molar-refractivity contribution >= 4 is 5.70 Å². The van der Waals surface area contributed by atoms with Gasteiger partial charge in [-0.3, -0.25) is 4.90 Å². The van der Waals surface area contributed by atoms with Crippen LogP contribution >= 0.6 is 0 Å². The molecule has 1 heterocycles. The van der Waals surface area contributed by atoms with Crippen molar-refractivity contribution < 1.29 is 4.74 Å². The molecular weight excluding hydrogens is 298 g/mol. The fourth-order valence-electron chi connectivity index (χ4n) is 2.95. The summed E-state index contributed by atoms with van der Waals surface area (Å²) in [5, 5.41) is 2.95. The lowest BCUT2D eigenvalue weighted by molar-refractivity contribution is 0.0443. The molecule has 0 saturated carbocycles. The minimum Gasteiger partial charge on any atom is -0.490 e. The Kier molecular flexibility index (Phi) is 5.80. The first-order chi connectivity index (χ1) is 11.3. The second-order valence-electron chi connectivity index (χ2n) is 7.38. The molecule has 2 rings (SSSR count). The normalized spacial score (nSPS) is 17.0. The van der Waals surface area contributed by atoms with Gasteiger partial charge in [0.05, 0.1) is 18.3 Å². The smallest absolute Gasteiger partial charge is 0.130 e. The van der Waals surface area contributed by atoms with Crippen LogP contribution in [0.15, 0.2) is 24.4 Å². The van der Waals surface area contributed by atoms with Crippen LogP contribution < -0.4 is 15.8 Å². The molecule has 1 aromatic carbocycles. The van der Waals surface area contributed by atoms with Gasteiger partial charge in [-0.15, -0.1) is 0 Å². The quantitative estimate of drug-likeness (QED) is 0.817. The zero-order valence-corrected chi connectivity index (χ0v) is 15.4. The summed E-state index contributed by atoms with van der Waals surface area (Å²) in [6, 6.07) is 5.93. The highest BCUT2D eigenvalue weighted by Crippen LogP contribution is 2.28. The number of likely N-dealkylation sites (tertiary alicyclic amines) is 1. The van der Waals surface area contributed by atoms with Gasteiger partial charge in [-0.25, -0.2) is 0 Å². The topological polar surface area (TPSA) is 50.5 Å². The van der Waals surface area contributed by atoms with E-state index in [1.807, 2.05) is 39.1 Å². The van der Waals surface area contributed by atoms with E-state index < -0.39 is 0 Å². The molecule has 0 spiro atoms. The molecule has 130 valence electrons. The van der Waals surface area contributed by atoms with Crippen molar-refractivity contribution in [3.05, 3.63) is 35.5 Å². The van der Waals surface area contributed by atoms with Crippen LogP contribution in [0.4, 0.5) is 0 Å². The van der Waals surface area contributed by atoms with Crippen LogP contribution in [0.1, 0.15) is 38.8 Å². The number of benzene rings is 1. The molecule has 1 aliphatic rings. The van der Waals surface area contributed by atoms with E-state index in [1.165, 1.54) is 0 Å². The number of nitrogens with zero attached hydrogens (tertiary/aromatic N) is 1. The molecule has 4 nitrogen and oxygen atoms in total. The average molecular weight is 327 g/mol. The minimum atomic E-state index is 0.0812. The van der Waals surface area contributed by atoms with Gasteiger partial charge in [-0.05, 0) is 37.5 Å². The number of nitrogens with two attached hydrogens (primary N) is 1. The Labute approximate surface area is 146 Å². The van der Waals surface area contributed by atoms with Gasteiger partial charge in [0, 0.05) is 37.5 Å². The molecule has 0 radical (unpaired) electrons. The van der Waals surface area contributed by atoms with Gasteiger partial charge >= 0.3 is 0 Å². The molecule has 4 heteroatoms. The van der Waals surface area contributed by atoms with Crippen molar-refractivity contribution in [1.82, 2.24) is 10.2 Å². The lowest BCUT2D eigenvalue weighted by Crippen LogP contribution is -2.52. The molecule has 0 unspecified atom stereocenters. The molecule has 1 aromatic rings. The van der Waals surface area contributed by atoms with Gasteiger partial charge in [0.2, 0.25) is 0 Å². The summed E-state index contributed by atoms with van der Waals surface area (Å²) < 4.78 is 5.91. The van der Waals surface area contributed by atoms with E-state index in [9.17, 15) is 0 Å². The van der Waals surface area contributed by atoms with Crippen molar-refractivity contribution in [2.24, 2.45) is 11.1 Å². The summed E-state index contributed by atoms with van der Waals surface area (Å²) in [5.74, 6) is 7.26. The predicted octanol–water partition coefficient (Wildman–Crippen LogP) is 2.64. The van der Waals surface area contributed by atoms with Crippen LogP contribution in [0.2, 0.25) is 0 Å². The number of rotatable bonds is 5. The van der Waals surface area contributed by atoms with Gasteiger partial charge in [-0.1, -0.05) is 25.7 Å². The molecule has 0 amide bonds. The average Bonchev–Trinajstić information content (AvgIpc) is 2.45. The van der Waals surface area contributed by atoms with Gasteiger partial charge in [-0.2, -0.15) is 0 Å². The maximum Gasteiger partial charge on any atom is 0.130 e. The maximum absolute atomic E-state index is 6.10. The number of ether oxygens (including phenoxy) is 1. The second-order valence-corrected chi connectivity index (χ2v) is 7.38. The van der Waals surface area contributed by atoms with E-state index in [1.54, 1.807) is 6.20 Å². The van der Waals surface area contributed by atoms with Crippen molar-refractivity contribution in [2.45, 2.75) is 33.8 Å². The summed E-state index contributed by atoms with van der Waals surface area (Å²) in [6.07, 6.45) is 1.84. The number of hydrogen-bond donors (Lipinski definition) is 2. The Morgan fingerprint density at radius 2 is 2.12 bits per heavy atom. The third-order valence-corrected chi connectivity index (χ3v) is 3.79. The SMILES string of the molecule is CN/C=C(\N)c1ccc(C#CCN2CC(C)(C)C2)cc1OC(C)C. The number of nitrogens with one attached hydrogen (secondary N) is 1. The molecule has 0 bridgehead atoms. The molecule has 1 fully saturated rings. The molecular formula is C20H29N3O. The van der Waals surface area contributed by atoms with E-state index in [2.05, 4.69) is 35.9 Å². The first-order valence-corrected chi connectivity index (χ1v) is 8.46. The fraction of sp³-hybridized carbons (Fsp3) is 0.500. The Morgan fingerprint density at radius 1 is 1.42 bits per heavy atom. The van der Waals surface area contributed by atoms with E-state index in [0.29, 0.717) is 11.1 Å². The Morgan fingerprint density at radius 3 is 2.71 bits per heavy atom.